The average Bonchev–Trinajstić information content (AvgIpc) is 2.68. The van der Waals surface area contributed by atoms with Crippen LogP contribution >= 0.6 is 12.4 Å². The van der Waals surface area contributed by atoms with Crippen LogP contribution in [0.2, 0.25) is 0 Å². The number of amides is 1. The molecule has 1 aliphatic rings. The first-order valence-electron chi connectivity index (χ1n) is 8.35. The molecule has 1 atom stereocenters. The molecule has 3 rings (SSSR count). The molecule has 9 heteroatoms. The van der Waals surface area contributed by atoms with Crippen LogP contribution in [0.1, 0.15) is 22.0 Å². The van der Waals surface area contributed by atoms with Gasteiger partial charge in [0.1, 0.15) is 0 Å². The van der Waals surface area contributed by atoms with Crippen LogP contribution < -0.4 is 5.32 Å². The smallest absolute Gasteiger partial charge is 0.253 e. The number of hydrogen-bond acceptors (Lipinski definition) is 5. The summed E-state index contributed by atoms with van der Waals surface area (Å²) in [6.45, 7) is 1.45. The van der Waals surface area contributed by atoms with E-state index in [1.54, 1.807) is 44.7 Å². The minimum atomic E-state index is -3.75. The van der Waals surface area contributed by atoms with E-state index in [1.165, 1.54) is 21.3 Å². The Kier molecular flexibility index (Phi) is 6.94. The molecule has 1 aromatic carbocycles. The first-order chi connectivity index (χ1) is 12.4. The monoisotopic (exact) mass is 410 g/mol. The van der Waals surface area contributed by atoms with Gasteiger partial charge in [-0.15, -0.1) is 12.4 Å². The van der Waals surface area contributed by atoms with Crippen LogP contribution in [-0.2, 0) is 10.0 Å². The minimum Gasteiger partial charge on any atom is -0.345 e. The molecule has 146 valence electrons. The van der Waals surface area contributed by atoms with Crippen molar-refractivity contribution in [2.24, 2.45) is 0 Å². The lowest BCUT2D eigenvalue weighted by atomic mass is 10.1. The maximum Gasteiger partial charge on any atom is 0.253 e. The van der Waals surface area contributed by atoms with Crippen molar-refractivity contribution in [2.45, 2.75) is 10.9 Å². The van der Waals surface area contributed by atoms with Gasteiger partial charge in [0.25, 0.3) is 5.91 Å². The third-order valence-electron chi connectivity index (χ3n) is 4.36. The third kappa shape index (κ3) is 4.47. The van der Waals surface area contributed by atoms with Gasteiger partial charge >= 0.3 is 0 Å². The number of benzene rings is 1. The Morgan fingerprint density at radius 2 is 2.04 bits per heavy atom. The number of nitrogens with zero attached hydrogens (tertiary/aromatic N) is 3. The van der Waals surface area contributed by atoms with Crippen molar-refractivity contribution in [2.75, 3.05) is 33.7 Å². The minimum absolute atomic E-state index is 0. The lowest BCUT2D eigenvalue weighted by Crippen LogP contribution is -2.48. The highest BCUT2D eigenvalue weighted by Gasteiger charge is 2.34. The number of hydrogen-bond donors (Lipinski definition) is 1. The van der Waals surface area contributed by atoms with Gasteiger partial charge < -0.3 is 10.2 Å². The van der Waals surface area contributed by atoms with Gasteiger partial charge in [-0.3, -0.25) is 9.78 Å². The second-order valence-electron chi connectivity index (χ2n) is 6.35. The van der Waals surface area contributed by atoms with Crippen LogP contribution in [0.25, 0.3) is 0 Å². The summed E-state index contributed by atoms with van der Waals surface area (Å²) in [5, 5.41) is 3.24. The van der Waals surface area contributed by atoms with E-state index in [4.69, 9.17) is 0 Å². The first kappa shape index (κ1) is 21.3. The molecule has 1 saturated heterocycles. The lowest BCUT2D eigenvalue weighted by Gasteiger charge is -2.35. The van der Waals surface area contributed by atoms with Crippen LogP contribution in [0.15, 0.2) is 53.7 Å². The summed E-state index contributed by atoms with van der Waals surface area (Å²) < 4.78 is 28.0. The number of rotatable bonds is 4. The van der Waals surface area contributed by atoms with E-state index in [0.717, 1.165) is 5.56 Å². The van der Waals surface area contributed by atoms with E-state index >= 15 is 0 Å². The molecule has 0 radical (unpaired) electrons. The molecule has 0 bridgehead atoms. The van der Waals surface area contributed by atoms with Crippen molar-refractivity contribution in [3.63, 3.8) is 0 Å². The van der Waals surface area contributed by atoms with Crippen LogP contribution in [0, 0.1) is 0 Å². The van der Waals surface area contributed by atoms with Gasteiger partial charge in [-0.05, 0) is 29.8 Å². The number of piperazine rings is 1. The number of nitrogens with one attached hydrogen (secondary N) is 1. The summed E-state index contributed by atoms with van der Waals surface area (Å²) in [6.07, 6.45) is 3.35. The molecule has 0 spiro atoms. The van der Waals surface area contributed by atoms with Gasteiger partial charge in [-0.25, -0.2) is 8.42 Å². The zero-order valence-electron chi connectivity index (χ0n) is 15.2. The SMILES string of the molecule is CN(C)C(=O)c1cccc(S(=O)(=O)N2CCNCC2c2cccnc2)c1.Cl. The Hall–Kier alpha value is -2.00. The van der Waals surface area contributed by atoms with Crippen molar-refractivity contribution >= 4 is 28.3 Å². The summed E-state index contributed by atoms with van der Waals surface area (Å²) >= 11 is 0. The maximum atomic E-state index is 13.3. The molecule has 1 N–H and O–H groups in total. The largest absolute Gasteiger partial charge is 0.345 e. The Balaban J connectivity index is 0.00000261. The zero-order valence-corrected chi connectivity index (χ0v) is 16.8. The Morgan fingerprint density at radius 1 is 1.26 bits per heavy atom. The highest BCUT2D eigenvalue weighted by atomic mass is 35.5. The maximum absolute atomic E-state index is 13.3. The van der Waals surface area contributed by atoms with Gasteiger partial charge in [-0.1, -0.05) is 12.1 Å². The van der Waals surface area contributed by atoms with Crippen molar-refractivity contribution < 1.29 is 13.2 Å². The number of pyridine rings is 1. The predicted molar refractivity (Wildman–Crippen MR) is 105 cm³/mol. The Morgan fingerprint density at radius 3 is 2.70 bits per heavy atom. The topological polar surface area (TPSA) is 82.6 Å². The summed E-state index contributed by atoms with van der Waals surface area (Å²) in [5.41, 5.74) is 1.19. The van der Waals surface area contributed by atoms with Crippen LogP contribution in [0.5, 0.6) is 0 Å². The molecule has 0 saturated carbocycles. The second kappa shape index (κ2) is 8.79. The molecule has 1 fully saturated rings. The zero-order chi connectivity index (χ0) is 18.7. The summed E-state index contributed by atoms with van der Waals surface area (Å²) in [6, 6.07) is 9.53. The standard InChI is InChI=1S/C18H22N4O3S.ClH/c1-21(2)18(23)14-5-3-7-16(11-14)26(24,25)22-10-9-20-13-17(22)15-6-4-8-19-12-15;/h3-8,11-12,17,20H,9-10,13H2,1-2H3;1H. The molecule has 1 aliphatic heterocycles. The van der Waals surface area contributed by atoms with Crippen molar-refractivity contribution in [3.8, 4) is 0 Å². The van der Waals surface area contributed by atoms with Crippen molar-refractivity contribution in [1.82, 2.24) is 19.5 Å². The highest BCUT2D eigenvalue weighted by Crippen LogP contribution is 2.28. The third-order valence-corrected chi connectivity index (χ3v) is 6.26. The molecular formula is C18H23ClN4O3S. The predicted octanol–water partition coefficient (Wildman–Crippen LogP) is 1.54. The summed E-state index contributed by atoms with van der Waals surface area (Å²) in [4.78, 5) is 17.8. The molecule has 27 heavy (non-hydrogen) atoms. The van der Waals surface area contributed by atoms with Gasteiger partial charge in [0.2, 0.25) is 10.0 Å². The first-order valence-corrected chi connectivity index (χ1v) is 9.79. The van der Waals surface area contributed by atoms with Crippen LogP contribution in [0.3, 0.4) is 0 Å². The Bertz CT molecular complexity index is 890. The number of aromatic nitrogens is 1. The number of halogens is 1. The highest BCUT2D eigenvalue weighted by molar-refractivity contribution is 7.89. The van der Waals surface area contributed by atoms with Crippen LogP contribution in [-0.4, -0.2) is 62.2 Å². The van der Waals surface area contributed by atoms with Gasteiger partial charge in [0.05, 0.1) is 10.9 Å². The van der Waals surface area contributed by atoms with E-state index in [2.05, 4.69) is 10.3 Å². The van der Waals surface area contributed by atoms with Gasteiger partial charge in [-0.2, -0.15) is 4.31 Å². The van der Waals surface area contributed by atoms with E-state index in [-0.39, 0.29) is 29.3 Å². The number of sulfonamides is 1. The normalized spacial score (nSPS) is 17.8. The Labute approximate surface area is 165 Å². The number of carbonyl (C=O) groups is 1. The molecule has 0 aliphatic carbocycles. The fourth-order valence-corrected chi connectivity index (χ4v) is 4.67. The molecule has 1 amide bonds. The quantitative estimate of drug-likeness (QED) is 0.826. The van der Waals surface area contributed by atoms with Crippen molar-refractivity contribution in [3.05, 3.63) is 59.9 Å². The fraction of sp³-hybridized carbons (Fsp3) is 0.333. The lowest BCUT2D eigenvalue weighted by molar-refractivity contribution is 0.0827. The van der Waals surface area contributed by atoms with E-state index < -0.39 is 10.0 Å². The number of carbonyl (C=O) groups excluding carboxylic acids is 1. The van der Waals surface area contributed by atoms with Gasteiger partial charge in [0.15, 0.2) is 0 Å². The molecule has 7 nitrogen and oxygen atoms in total. The van der Waals surface area contributed by atoms with E-state index in [0.29, 0.717) is 25.2 Å². The fourth-order valence-electron chi connectivity index (χ4n) is 3.01. The second-order valence-corrected chi connectivity index (χ2v) is 8.24. The summed E-state index contributed by atoms with van der Waals surface area (Å²) in [5.74, 6) is -0.230. The van der Waals surface area contributed by atoms with E-state index in [9.17, 15) is 13.2 Å². The van der Waals surface area contributed by atoms with Crippen molar-refractivity contribution in [1.29, 1.82) is 0 Å². The average molecular weight is 411 g/mol. The molecule has 1 unspecified atom stereocenters. The van der Waals surface area contributed by atoms with Crippen LogP contribution in [0.4, 0.5) is 0 Å². The molecule has 1 aromatic heterocycles. The van der Waals surface area contributed by atoms with E-state index in [1.807, 2.05) is 6.07 Å². The molecule has 2 heterocycles. The summed E-state index contributed by atoms with van der Waals surface area (Å²) in [7, 11) is -0.472. The molecule has 2 aromatic rings. The van der Waals surface area contributed by atoms with Gasteiger partial charge in [0, 0.05) is 51.7 Å². The molecular weight excluding hydrogens is 388 g/mol.